The molecule has 0 atom stereocenters. The molecule has 0 saturated heterocycles. The van der Waals surface area contributed by atoms with Crippen LogP contribution >= 0.6 is 11.6 Å². The van der Waals surface area contributed by atoms with E-state index in [1.165, 1.54) is 12.8 Å². The Balaban J connectivity index is 2.90. The van der Waals surface area contributed by atoms with Crippen molar-refractivity contribution in [2.45, 2.75) is 39.0 Å². The van der Waals surface area contributed by atoms with Crippen LogP contribution in [0.15, 0.2) is 0 Å². The van der Waals surface area contributed by atoms with E-state index in [9.17, 15) is 0 Å². The van der Waals surface area contributed by atoms with Crippen molar-refractivity contribution in [2.24, 2.45) is 0 Å². The molecule has 0 heterocycles. The van der Waals surface area contributed by atoms with Crippen LogP contribution in [0.5, 0.6) is 0 Å². The molecular formula is C9H15Cl. The van der Waals surface area contributed by atoms with Gasteiger partial charge in [0.15, 0.2) is 0 Å². The largest absolute Gasteiger partial charge is 0.127 e. The van der Waals surface area contributed by atoms with Gasteiger partial charge in [-0.1, -0.05) is 13.3 Å². The molecule has 0 amide bonds. The smallest absolute Gasteiger partial charge is 0.0223 e. The van der Waals surface area contributed by atoms with Crippen LogP contribution in [-0.4, -0.2) is 5.88 Å². The summed E-state index contributed by atoms with van der Waals surface area (Å²) in [6.07, 6.45) is 5.59. The number of rotatable bonds is 4. The van der Waals surface area contributed by atoms with E-state index in [1.807, 2.05) is 0 Å². The first kappa shape index (κ1) is 9.85. The zero-order valence-electron chi connectivity index (χ0n) is 6.62. The number of hydrogen-bond acceptors (Lipinski definition) is 0. The summed E-state index contributed by atoms with van der Waals surface area (Å²) in [5.41, 5.74) is 0. The van der Waals surface area contributed by atoms with Gasteiger partial charge in [-0.2, -0.15) is 0 Å². The highest BCUT2D eigenvalue weighted by Gasteiger charge is 1.83. The second-order valence-electron chi connectivity index (χ2n) is 2.21. The van der Waals surface area contributed by atoms with E-state index in [1.54, 1.807) is 0 Å². The van der Waals surface area contributed by atoms with E-state index in [0.29, 0.717) is 0 Å². The lowest BCUT2D eigenvalue weighted by atomic mass is 10.2. The minimum absolute atomic E-state index is 0.793. The van der Waals surface area contributed by atoms with Gasteiger partial charge in [0.1, 0.15) is 0 Å². The van der Waals surface area contributed by atoms with Gasteiger partial charge in [0.25, 0.3) is 0 Å². The van der Waals surface area contributed by atoms with Crippen molar-refractivity contribution in [1.82, 2.24) is 0 Å². The summed E-state index contributed by atoms with van der Waals surface area (Å²) in [7, 11) is 0. The Morgan fingerprint density at radius 1 is 1.10 bits per heavy atom. The molecule has 0 saturated carbocycles. The van der Waals surface area contributed by atoms with Crippen molar-refractivity contribution in [3.63, 3.8) is 0 Å². The molecule has 0 fully saturated rings. The number of halogens is 1. The van der Waals surface area contributed by atoms with Crippen LogP contribution in [0.2, 0.25) is 0 Å². The molecule has 0 aromatic carbocycles. The highest BCUT2D eigenvalue weighted by atomic mass is 35.5. The van der Waals surface area contributed by atoms with Crippen LogP contribution in [0.3, 0.4) is 0 Å². The number of alkyl halides is 1. The number of unbranched alkanes of at least 4 members (excludes halogenated alkanes) is 3. The Kier molecular flexibility index (Phi) is 8.72. The molecule has 0 rings (SSSR count). The average Bonchev–Trinajstić information content (AvgIpc) is 1.97. The van der Waals surface area contributed by atoms with E-state index in [-0.39, 0.29) is 0 Å². The Morgan fingerprint density at radius 3 is 2.50 bits per heavy atom. The first-order chi connectivity index (χ1) is 4.91. The lowest BCUT2D eigenvalue weighted by Crippen LogP contribution is -1.76. The van der Waals surface area contributed by atoms with Gasteiger partial charge in [-0.25, -0.2) is 0 Å². The summed E-state index contributed by atoms with van der Waals surface area (Å²) in [6, 6.07) is 0. The van der Waals surface area contributed by atoms with Crippen LogP contribution in [0.4, 0.5) is 0 Å². The van der Waals surface area contributed by atoms with Gasteiger partial charge in [-0.05, 0) is 12.8 Å². The molecule has 0 aliphatic heterocycles. The summed E-state index contributed by atoms with van der Waals surface area (Å²) >= 11 is 5.51. The summed E-state index contributed by atoms with van der Waals surface area (Å²) in [4.78, 5) is 0. The molecule has 0 N–H and O–H groups in total. The Morgan fingerprint density at radius 2 is 1.90 bits per heavy atom. The molecule has 0 aromatic rings. The maximum absolute atomic E-state index is 5.51. The first-order valence-electron chi connectivity index (χ1n) is 3.93. The summed E-state index contributed by atoms with van der Waals surface area (Å²) < 4.78 is 0. The predicted molar refractivity (Wildman–Crippen MR) is 47.3 cm³/mol. The standard InChI is InChI=1S/C9H15Cl/c1-2-3-4-5-6-7-8-9-10/h2,5-9H2,1H3. The highest BCUT2D eigenvalue weighted by Crippen LogP contribution is 1.99. The summed E-state index contributed by atoms with van der Waals surface area (Å²) in [5.74, 6) is 6.94. The molecule has 0 unspecified atom stereocenters. The molecule has 0 aliphatic rings. The SMILES string of the molecule is CCC#CCCCCCCl. The third-order valence-corrected chi connectivity index (χ3v) is 1.50. The summed E-state index contributed by atoms with van der Waals surface area (Å²) in [6.45, 7) is 2.08. The van der Waals surface area contributed by atoms with Crippen LogP contribution in [-0.2, 0) is 0 Å². The van der Waals surface area contributed by atoms with E-state index in [0.717, 1.165) is 25.1 Å². The van der Waals surface area contributed by atoms with Crippen LogP contribution in [0.25, 0.3) is 0 Å². The van der Waals surface area contributed by atoms with Gasteiger partial charge in [-0.15, -0.1) is 23.4 Å². The molecule has 10 heavy (non-hydrogen) atoms. The Labute approximate surface area is 69.0 Å². The maximum atomic E-state index is 5.51. The highest BCUT2D eigenvalue weighted by molar-refractivity contribution is 6.17. The normalized spacial score (nSPS) is 8.60. The minimum Gasteiger partial charge on any atom is -0.127 e. The van der Waals surface area contributed by atoms with Crippen molar-refractivity contribution in [2.75, 3.05) is 5.88 Å². The van der Waals surface area contributed by atoms with Crippen LogP contribution in [0, 0.1) is 11.8 Å². The maximum Gasteiger partial charge on any atom is 0.0223 e. The monoisotopic (exact) mass is 158 g/mol. The van der Waals surface area contributed by atoms with Crippen molar-refractivity contribution < 1.29 is 0 Å². The van der Waals surface area contributed by atoms with E-state index in [2.05, 4.69) is 18.8 Å². The van der Waals surface area contributed by atoms with E-state index >= 15 is 0 Å². The van der Waals surface area contributed by atoms with Crippen molar-refractivity contribution in [3.05, 3.63) is 0 Å². The van der Waals surface area contributed by atoms with Crippen LogP contribution in [0.1, 0.15) is 39.0 Å². The molecule has 1 heteroatoms. The minimum atomic E-state index is 0.793. The lowest BCUT2D eigenvalue weighted by Gasteiger charge is -1.90. The molecule has 0 aromatic heterocycles. The van der Waals surface area contributed by atoms with Crippen LogP contribution < -0.4 is 0 Å². The number of hydrogen-bond donors (Lipinski definition) is 0. The third-order valence-electron chi connectivity index (χ3n) is 1.24. The molecule has 0 nitrogen and oxygen atoms in total. The van der Waals surface area contributed by atoms with Gasteiger partial charge in [0, 0.05) is 18.7 Å². The van der Waals surface area contributed by atoms with Crippen molar-refractivity contribution >= 4 is 11.6 Å². The summed E-state index contributed by atoms with van der Waals surface area (Å²) in [5, 5.41) is 0. The van der Waals surface area contributed by atoms with Gasteiger partial charge in [0.05, 0.1) is 0 Å². The molecule has 58 valence electrons. The second kappa shape index (κ2) is 8.85. The van der Waals surface area contributed by atoms with Gasteiger partial charge in [0.2, 0.25) is 0 Å². The first-order valence-corrected chi connectivity index (χ1v) is 4.47. The van der Waals surface area contributed by atoms with Crippen molar-refractivity contribution in [1.29, 1.82) is 0 Å². The fourth-order valence-corrected chi connectivity index (χ4v) is 0.887. The third kappa shape index (κ3) is 7.85. The van der Waals surface area contributed by atoms with E-state index < -0.39 is 0 Å². The molecular weight excluding hydrogens is 144 g/mol. The molecule has 0 aliphatic carbocycles. The molecule has 0 bridgehead atoms. The topological polar surface area (TPSA) is 0 Å². The van der Waals surface area contributed by atoms with Gasteiger partial charge in [-0.3, -0.25) is 0 Å². The zero-order valence-corrected chi connectivity index (χ0v) is 7.38. The lowest BCUT2D eigenvalue weighted by molar-refractivity contribution is 0.740. The Hall–Kier alpha value is -0.150. The molecule has 0 radical (unpaired) electrons. The quantitative estimate of drug-likeness (QED) is 0.335. The second-order valence-corrected chi connectivity index (χ2v) is 2.58. The van der Waals surface area contributed by atoms with E-state index in [4.69, 9.17) is 11.6 Å². The molecule has 0 spiro atoms. The Bertz CT molecular complexity index is 108. The fraction of sp³-hybridized carbons (Fsp3) is 0.778. The fourth-order valence-electron chi connectivity index (χ4n) is 0.698. The average molecular weight is 159 g/mol. The van der Waals surface area contributed by atoms with Gasteiger partial charge < -0.3 is 0 Å². The zero-order chi connectivity index (χ0) is 7.66. The van der Waals surface area contributed by atoms with Crippen molar-refractivity contribution in [3.8, 4) is 11.8 Å². The van der Waals surface area contributed by atoms with Gasteiger partial charge >= 0.3 is 0 Å². The predicted octanol–water partition coefficient (Wildman–Crippen LogP) is 3.20.